The van der Waals surface area contributed by atoms with Gasteiger partial charge in [-0.05, 0) is 31.2 Å². The number of hydrogen-bond acceptors (Lipinski definition) is 4. The lowest BCUT2D eigenvalue weighted by molar-refractivity contribution is 0.0685. The summed E-state index contributed by atoms with van der Waals surface area (Å²) in [6.45, 7) is 1.38. The molecule has 1 aromatic heterocycles. The second-order valence-electron chi connectivity index (χ2n) is 3.76. The van der Waals surface area contributed by atoms with Crippen LogP contribution >= 0.6 is 0 Å². The molecule has 0 spiro atoms. The second kappa shape index (κ2) is 4.58. The molecular weight excluding hydrogens is 241 g/mol. The number of aliphatic hydroxyl groups excluding tert-OH is 1. The van der Waals surface area contributed by atoms with Gasteiger partial charge in [-0.3, -0.25) is 0 Å². The van der Waals surface area contributed by atoms with Crippen molar-refractivity contribution < 1.29 is 23.9 Å². The van der Waals surface area contributed by atoms with Crippen LogP contribution in [0.1, 0.15) is 29.1 Å². The number of nitrogens with zero attached hydrogens (tertiary/aromatic N) is 1. The molecule has 2 rings (SSSR count). The van der Waals surface area contributed by atoms with E-state index >= 15 is 0 Å². The van der Waals surface area contributed by atoms with E-state index < -0.39 is 17.9 Å². The van der Waals surface area contributed by atoms with Crippen molar-refractivity contribution >= 4 is 5.97 Å². The van der Waals surface area contributed by atoms with Gasteiger partial charge in [0.1, 0.15) is 23.2 Å². The summed E-state index contributed by atoms with van der Waals surface area (Å²) in [5.74, 6) is -1.82. The monoisotopic (exact) mass is 251 g/mol. The van der Waals surface area contributed by atoms with Gasteiger partial charge in [0.15, 0.2) is 5.76 Å². The van der Waals surface area contributed by atoms with E-state index in [2.05, 4.69) is 5.16 Å². The third-order valence-corrected chi connectivity index (χ3v) is 2.43. The predicted octanol–water partition coefficient (Wildman–Crippen LogP) is 2.23. The van der Waals surface area contributed by atoms with Gasteiger partial charge in [-0.25, -0.2) is 9.18 Å². The Labute approximate surface area is 101 Å². The van der Waals surface area contributed by atoms with E-state index in [0.717, 1.165) is 0 Å². The minimum absolute atomic E-state index is 0.0680. The van der Waals surface area contributed by atoms with Crippen molar-refractivity contribution in [1.82, 2.24) is 5.16 Å². The lowest BCUT2D eigenvalue weighted by Gasteiger charge is -2.01. The first-order valence-electron chi connectivity index (χ1n) is 5.17. The van der Waals surface area contributed by atoms with E-state index in [9.17, 15) is 14.3 Å². The van der Waals surface area contributed by atoms with Gasteiger partial charge >= 0.3 is 5.97 Å². The quantitative estimate of drug-likeness (QED) is 0.873. The molecule has 0 saturated carbocycles. The molecule has 0 amide bonds. The van der Waals surface area contributed by atoms with Crippen molar-refractivity contribution in [2.24, 2.45) is 0 Å². The zero-order valence-electron chi connectivity index (χ0n) is 9.42. The average molecular weight is 251 g/mol. The van der Waals surface area contributed by atoms with Crippen LogP contribution in [0, 0.1) is 5.82 Å². The second-order valence-corrected chi connectivity index (χ2v) is 3.76. The largest absolute Gasteiger partial charge is 0.477 e. The third kappa shape index (κ3) is 2.10. The molecule has 0 unspecified atom stereocenters. The minimum Gasteiger partial charge on any atom is -0.477 e. The summed E-state index contributed by atoms with van der Waals surface area (Å²) in [6, 6.07) is 5.17. The fraction of sp³-hybridized carbons (Fsp3) is 0.167. The molecule has 0 radical (unpaired) electrons. The Morgan fingerprint density at radius 3 is 2.50 bits per heavy atom. The molecule has 0 bridgehead atoms. The highest BCUT2D eigenvalue weighted by Gasteiger charge is 2.26. The fourth-order valence-electron chi connectivity index (χ4n) is 1.60. The van der Waals surface area contributed by atoms with Gasteiger partial charge in [0.25, 0.3) is 0 Å². The van der Waals surface area contributed by atoms with Crippen LogP contribution in [0.4, 0.5) is 4.39 Å². The van der Waals surface area contributed by atoms with E-state index in [1.807, 2.05) is 0 Å². The Morgan fingerprint density at radius 2 is 2.00 bits per heavy atom. The summed E-state index contributed by atoms with van der Waals surface area (Å²) in [6.07, 6.45) is -1.09. The number of hydrogen-bond donors (Lipinski definition) is 2. The number of carboxylic acid groups (broad SMARTS) is 1. The molecule has 0 saturated heterocycles. The summed E-state index contributed by atoms with van der Waals surface area (Å²) in [4.78, 5) is 11.2. The molecule has 1 aromatic carbocycles. The highest BCUT2D eigenvalue weighted by molar-refractivity contribution is 5.95. The minimum atomic E-state index is -1.26. The lowest BCUT2D eigenvalue weighted by Crippen LogP contribution is -2.03. The highest BCUT2D eigenvalue weighted by Crippen LogP contribution is 2.29. The maximum Gasteiger partial charge on any atom is 0.341 e. The third-order valence-electron chi connectivity index (χ3n) is 2.43. The SMILES string of the molecule is C[C@H](O)c1onc(-c2ccc(F)cc2)c1C(=O)O. The van der Waals surface area contributed by atoms with Crippen LogP contribution in [0.3, 0.4) is 0 Å². The summed E-state index contributed by atoms with van der Waals surface area (Å²) >= 11 is 0. The molecular formula is C12H10FNO4. The highest BCUT2D eigenvalue weighted by atomic mass is 19.1. The summed E-state index contributed by atoms with van der Waals surface area (Å²) in [5, 5.41) is 22.1. The van der Waals surface area contributed by atoms with Crippen LogP contribution in [0.25, 0.3) is 11.3 Å². The Bertz CT molecular complexity index is 574. The molecule has 6 heteroatoms. The van der Waals surface area contributed by atoms with E-state index in [0.29, 0.717) is 5.56 Å². The maximum atomic E-state index is 12.8. The van der Waals surface area contributed by atoms with Crippen molar-refractivity contribution in [3.05, 3.63) is 41.4 Å². The van der Waals surface area contributed by atoms with Crippen molar-refractivity contribution in [1.29, 1.82) is 0 Å². The average Bonchev–Trinajstić information content (AvgIpc) is 2.74. The van der Waals surface area contributed by atoms with Gasteiger partial charge in [-0.2, -0.15) is 0 Å². The topological polar surface area (TPSA) is 83.6 Å². The fourth-order valence-corrected chi connectivity index (χ4v) is 1.60. The first kappa shape index (κ1) is 12.3. The molecule has 0 aliphatic rings. The van der Waals surface area contributed by atoms with E-state index in [4.69, 9.17) is 9.63 Å². The number of rotatable bonds is 3. The van der Waals surface area contributed by atoms with Gasteiger partial charge in [0.2, 0.25) is 0 Å². The molecule has 18 heavy (non-hydrogen) atoms. The number of carbonyl (C=O) groups is 1. The van der Waals surface area contributed by atoms with Crippen LogP contribution in [-0.2, 0) is 0 Å². The van der Waals surface area contributed by atoms with Crippen LogP contribution in [0.5, 0.6) is 0 Å². The van der Waals surface area contributed by atoms with Gasteiger partial charge < -0.3 is 14.7 Å². The van der Waals surface area contributed by atoms with Gasteiger partial charge in [0, 0.05) is 5.56 Å². The van der Waals surface area contributed by atoms with Crippen LogP contribution in [-0.4, -0.2) is 21.3 Å². The number of carboxylic acids is 1. The molecule has 0 aliphatic carbocycles. The van der Waals surface area contributed by atoms with Crippen molar-refractivity contribution in [3.8, 4) is 11.3 Å². The first-order valence-corrected chi connectivity index (χ1v) is 5.17. The Kier molecular flexibility index (Phi) is 3.12. The lowest BCUT2D eigenvalue weighted by atomic mass is 10.0. The molecule has 94 valence electrons. The molecule has 1 atom stereocenters. The molecule has 0 aliphatic heterocycles. The van der Waals surface area contributed by atoms with Crippen molar-refractivity contribution in [2.45, 2.75) is 13.0 Å². The van der Waals surface area contributed by atoms with E-state index in [1.165, 1.54) is 31.2 Å². The first-order chi connectivity index (χ1) is 8.50. The number of benzene rings is 1. The molecule has 0 fully saturated rings. The predicted molar refractivity (Wildman–Crippen MR) is 59.5 cm³/mol. The zero-order chi connectivity index (χ0) is 13.3. The normalized spacial score (nSPS) is 12.4. The van der Waals surface area contributed by atoms with Gasteiger partial charge in [0.05, 0.1) is 0 Å². The van der Waals surface area contributed by atoms with Gasteiger partial charge in [-0.15, -0.1) is 0 Å². The van der Waals surface area contributed by atoms with Crippen LogP contribution in [0.2, 0.25) is 0 Å². The molecule has 1 heterocycles. The number of aromatic nitrogens is 1. The summed E-state index contributed by atoms with van der Waals surface area (Å²) in [7, 11) is 0. The Balaban J connectivity index is 2.58. The van der Waals surface area contributed by atoms with Crippen LogP contribution < -0.4 is 0 Å². The zero-order valence-corrected chi connectivity index (χ0v) is 9.42. The molecule has 5 nitrogen and oxygen atoms in total. The van der Waals surface area contributed by atoms with Crippen molar-refractivity contribution in [3.63, 3.8) is 0 Å². The number of aromatic carboxylic acids is 1. The maximum absolute atomic E-state index is 12.8. The number of halogens is 1. The molecule has 2 aromatic rings. The van der Waals surface area contributed by atoms with Crippen molar-refractivity contribution in [2.75, 3.05) is 0 Å². The van der Waals surface area contributed by atoms with E-state index in [1.54, 1.807) is 0 Å². The van der Waals surface area contributed by atoms with Gasteiger partial charge in [-0.1, -0.05) is 5.16 Å². The summed E-state index contributed by atoms with van der Waals surface area (Å²) < 4.78 is 17.6. The smallest absolute Gasteiger partial charge is 0.341 e. The standard InChI is InChI=1S/C12H10FNO4/c1-6(15)11-9(12(16)17)10(14-18-11)7-2-4-8(13)5-3-7/h2-6,15H,1H3,(H,16,17)/t6-/m0/s1. The van der Waals surface area contributed by atoms with Crippen LogP contribution in [0.15, 0.2) is 28.8 Å². The summed E-state index contributed by atoms with van der Waals surface area (Å²) in [5.41, 5.74) is 0.263. The van der Waals surface area contributed by atoms with E-state index in [-0.39, 0.29) is 17.0 Å². The Hall–Kier alpha value is -2.21. The Morgan fingerprint density at radius 1 is 1.39 bits per heavy atom. The number of aliphatic hydroxyl groups is 1. The molecule has 2 N–H and O–H groups in total.